The number of amides is 1. The van der Waals surface area contributed by atoms with Crippen molar-refractivity contribution in [1.29, 1.82) is 0 Å². The van der Waals surface area contributed by atoms with E-state index in [1.807, 2.05) is 33.3 Å². The number of carbonyl (C=O) groups is 2. The molecule has 3 unspecified atom stereocenters. The largest absolute Gasteiger partial charge is 0.472 e. The Morgan fingerprint density at radius 1 is 0.507 bits per heavy atom. The average molecular weight is 1020 g/mol. The predicted octanol–water partition coefficient (Wildman–Crippen LogP) is 17.7. The zero-order valence-electron chi connectivity index (χ0n) is 47.0. The maximum atomic E-state index is 13.5. The van der Waals surface area contributed by atoms with Gasteiger partial charge in [0.05, 0.1) is 33.8 Å². The van der Waals surface area contributed by atoms with Crippen molar-refractivity contribution in [3.63, 3.8) is 0 Å². The Labute approximate surface area is 438 Å². The maximum Gasteiger partial charge on any atom is 0.472 e. The monoisotopic (exact) mass is 1020 g/mol. The van der Waals surface area contributed by atoms with Crippen LogP contribution >= 0.6 is 7.82 Å². The Morgan fingerprint density at radius 3 is 1.38 bits per heavy atom. The quantitative estimate of drug-likeness (QED) is 0.0205. The SMILES string of the molecule is CC/C=C/C/C=C/CCCCCCCCCC(=O)OC(/C=C\CCCCCCCCCCCC)C(COP(=O)(O)OCC[N+](C)(C)C)NC(=O)CCCCCCCC/C=C\C/C=C\C/C=C\CCCCC. The van der Waals surface area contributed by atoms with E-state index in [-0.39, 0.29) is 31.5 Å². The molecule has 0 rings (SSSR count). The summed E-state index contributed by atoms with van der Waals surface area (Å²) < 4.78 is 30.6. The van der Waals surface area contributed by atoms with Gasteiger partial charge in [-0.1, -0.05) is 216 Å². The van der Waals surface area contributed by atoms with E-state index in [1.54, 1.807) is 0 Å². The lowest BCUT2D eigenvalue weighted by Gasteiger charge is -2.27. The van der Waals surface area contributed by atoms with Crippen LogP contribution < -0.4 is 5.32 Å². The lowest BCUT2D eigenvalue weighted by atomic mass is 10.0. The first-order valence-corrected chi connectivity index (χ1v) is 30.8. The van der Waals surface area contributed by atoms with Crippen LogP contribution in [0.15, 0.2) is 72.9 Å². The average Bonchev–Trinajstić information content (AvgIpc) is 3.33. The van der Waals surface area contributed by atoms with Gasteiger partial charge in [-0.2, -0.15) is 0 Å². The Bertz CT molecular complexity index is 1450. The highest BCUT2D eigenvalue weighted by molar-refractivity contribution is 7.47. The topological polar surface area (TPSA) is 111 Å². The summed E-state index contributed by atoms with van der Waals surface area (Å²) in [5.41, 5.74) is 0. The Kier molecular flexibility index (Phi) is 49.1. The minimum atomic E-state index is -4.45. The summed E-state index contributed by atoms with van der Waals surface area (Å²) in [6.07, 6.45) is 64.6. The fraction of sp³-hybridized carbons (Fsp3) is 0.770. The van der Waals surface area contributed by atoms with Crippen LogP contribution in [0.25, 0.3) is 0 Å². The summed E-state index contributed by atoms with van der Waals surface area (Å²) in [7, 11) is 1.48. The first-order valence-electron chi connectivity index (χ1n) is 29.3. The molecule has 0 heterocycles. The molecule has 9 nitrogen and oxygen atoms in total. The summed E-state index contributed by atoms with van der Waals surface area (Å²) in [6, 6.07) is -0.860. The Hall–Kier alpha value is -2.55. The van der Waals surface area contributed by atoms with Gasteiger partial charge in [-0.05, 0) is 96.0 Å². The standard InChI is InChI=1S/C61H111N2O7P/c1-7-10-13-16-19-22-25-28-30-31-32-33-34-35-38-41-44-47-50-53-60(64)62-58(57-69-71(66,67)68-56-55-63(4,5)6)59(52-49-46-43-40-37-27-24-21-18-15-12-9-3)70-61(65)54-51-48-45-42-39-36-29-26-23-20-17-14-11-8-2/h11,14,19-20,22-23,28,30,32-33,49,52,58-59H,7-10,12-13,15-18,21,24-27,29,31,34-48,50-51,53-57H2,1-6H3,(H-,62,64,66,67)/p+1/b14-11+,22-19-,23-20+,30-28-,33-32-,52-49-. The lowest BCUT2D eigenvalue weighted by molar-refractivity contribution is -0.870. The minimum absolute atomic E-state index is 0.0336. The fourth-order valence-corrected chi connectivity index (χ4v) is 8.84. The third kappa shape index (κ3) is 52.1. The molecule has 0 radical (unpaired) electrons. The summed E-state index contributed by atoms with van der Waals surface area (Å²) in [5, 5.41) is 3.04. The molecule has 3 atom stereocenters. The minimum Gasteiger partial charge on any atom is -0.456 e. The number of carbonyl (C=O) groups excluding carboxylic acids is 2. The summed E-state index contributed by atoms with van der Waals surface area (Å²) in [4.78, 5) is 37.6. The van der Waals surface area contributed by atoms with Crippen LogP contribution in [0.3, 0.4) is 0 Å². The van der Waals surface area contributed by atoms with Crippen LogP contribution in [0, 0.1) is 0 Å². The van der Waals surface area contributed by atoms with Gasteiger partial charge in [-0.15, -0.1) is 0 Å². The van der Waals surface area contributed by atoms with Crippen LogP contribution in [0.5, 0.6) is 0 Å². The van der Waals surface area contributed by atoms with Gasteiger partial charge in [-0.3, -0.25) is 18.6 Å². The maximum absolute atomic E-state index is 13.5. The number of nitrogens with one attached hydrogen (secondary N) is 1. The molecule has 0 bridgehead atoms. The second-order valence-electron chi connectivity index (χ2n) is 20.8. The number of phosphoric acid groups is 1. The molecule has 0 spiro atoms. The molecule has 0 aliphatic heterocycles. The van der Waals surface area contributed by atoms with E-state index in [4.69, 9.17) is 13.8 Å². The second kappa shape index (κ2) is 51.0. The molecule has 0 aromatic carbocycles. The highest BCUT2D eigenvalue weighted by Crippen LogP contribution is 2.43. The van der Waals surface area contributed by atoms with E-state index in [9.17, 15) is 19.0 Å². The summed E-state index contributed by atoms with van der Waals surface area (Å²) >= 11 is 0. The van der Waals surface area contributed by atoms with Gasteiger partial charge >= 0.3 is 13.8 Å². The first kappa shape index (κ1) is 68.5. The van der Waals surface area contributed by atoms with Gasteiger partial charge in [0.1, 0.15) is 19.3 Å². The van der Waals surface area contributed by atoms with Crippen LogP contribution in [-0.4, -0.2) is 74.3 Å². The van der Waals surface area contributed by atoms with Crippen LogP contribution in [0.4, 0.5) is 0 Å². The van der Waals surface area contributed by atoms with E-state index in [0.29, 0.717) is 17.4 Å². The van der Waals surface area contributed by atoms with Crippen molar-refractivity contribution in [3.05, 3.63) is 72.9 Å². The molecule has 71 heavy (non-hydrogen) atoms. The van der Waals surface area contributed by atoms with Gasteiger partial charge in [0, 0.05) is 12.8 Å². The molecule has 2 N–H and O–H groups in total. The number of allylic oxidation sites excluding steroid dienone is 11. The number of likely N-dealkylation sites (N-methyl/N-ethyl adjacent to an activating group) is 1. The molecule has 0 aliphatic rings. The van der Waals surface area contributed by atoms with Gasteiger partial charge < -0.3 is 19.4 Å². The smallest absolute Gasteiger partial charge is 0.456 e. The van der Waals surface area contributed by atoms with Gasteiger partial charge in [-0.25, -0.2) is 4.57 Å². The second-order valence-corrected chi connectivity index (χ2v) is 22.2. The fourth-order valence-electron chi connectivity index (χ4n) is 8.10. The highest BCUT2D eigenvalue weighted by atomic mass is 31.2. The number of rotatable bonds is 52. The molecule has 0 saturated heterocycles. The van der Waals surface area contributed by atoms with Crippen LogP contribution in [0.1, 0.15) is 252 Å². The van der Waals surface area contributed by atoms with Crippen molar-refractivity contribution < 1.29 is 37.3 Å². The first-order chi connectivity index (χ1) is 34.4. The van der Waals surface area contributed by atoms with Crippen molar-refractivity contribution in [2.45, 2.75) is 264 Å². The van der Waals surface area contributed by atoms with E-state index in [0.717, 1.165) is 109 Å². The molecule has 1 amide bonds. The molecule has 10 heteroatoms. The van der Waals surface area contributed by atoms with Crippen molar-refractivity contribution in [2.75, 3.05) is 40.9 Å². The highest BCUT2D eigenvalue weighted by Gasteiger charge is 2.30. The number of ether oxygens (including phenoxy) is 1. The van der Waals surface area contributed by atoms with Crippen molar-refractivity contribution in [2.24, 2.45) is 0 Å². The Morgan fingerprint density at radius 2 is 0.901 bits per heavy atom. The normalized spacial score (nSPS) is 14.3. The molecule has 0 fully saturated rings. The number of unbranched alkanes of at least 4 members (excludes halogenated alkanes) is 26. The molecule has 0 aromatic rings. The predicted molar refractivity (Wildman–Crippen MR) is 305 cm³/mol. The van der Waals surface area contributed by atoms with E-state index in [2.05, 4.69) is 86.8 Å². The molecular weight excluding hydrogens is 904 g/mol. The number of quaternary nitrogens is 1. The zero-order chi connectivity index (χ0) is 52.2. The molecule has 0 aromatic heterocycles. The van der Waals surface area contributed by atoms with Gasteiger partial charge in [0.25, 0.3) is 0 Å². The molecule has 0 aliphatic carbocycles. The van der Waals surface area contributed by atoms with Crippen LogP contribution in [0.2, 0.25) is 0 Å². The number of hydrogen-bond acceptors (Lipinski definition) is 6. The number of phosphoric ester groups is 1. The molecule has 412 valence electrons. The van der Waals surface area contributed by atoms with Crippen molar-refractivity contribution >= 4 is 19.7 Å². The van der Waals surface area contributed by atoms with Crippen molar-refractivity contribution in [3.8, 4) is 0 Å². The number of nitrogens with zero attached hydrogens (tertiary/aromatic N) is 1. The third-order valence-electron chi connectivity index (χ3n) is 12.6. The van der Waals surface area contributed by atoms with Crippen molar-refractivity contribution in [1.82, 2.24) is 5.32 Å². The summed E-state index contributed by atoms with van der Waals surface area (Å²) in [5.74, 6) is -0.530. The van der Waals surface area contributed by atoms with Crippen LogP contribution in [-0.2, 0) is 27.9 Å². The number of esters is 1. The van der Waals surface area contributed by atoms with E-state index < -0.39 is 20.0 Å². The lowest BCUT2D eigenvalue weighted by Crippen LogP contribution is -2.47. The van der Waals surface area contributed by atoms with E-state index in [1.165, 1.54) is 109 Å². The third-order valence-corrected chi connectivity index (χ3v) is 13.6. The molecular formula is C61H112N2O7P+. The van der Waals surface area contributed by atoms with Gasteiger partial charge in [0.2, 0.25) is 5.91 Å². The zero-order valence-corrected chi connectivity index (χ0v) is 47.8. The summed E-state index contributed by atoms with van der Waals surface area (Å²) in [6.45, 7) is 6.86. The Balaban J connectivity index is 5.34. The van der Waals surface area contributed by atoms with E-state index >= 15 is 0 Å². The molecule has 0 saturated carbocycles. The number of hydrogen-bond donors (Lipinski definition) is 2. The van der Waals surface area contributed by atoms with Gasteiger partial charge in [0.15, 0.2) is 0 Å².